The zero-order chi connectivity index (χ0) is 11.5. The van der Waals surface area contributed by atoms with Gasteiger partial charge >= 0.3 is 0 Å². The Morgan fingerprint density at radius 2 is 2.31 bits per heavy atom. The Labute approximate surface area is 110 Å². The fraction of sp³-hybridized carbons (Fsp3) is 0.583. The van der Waals surface area contributed by atoms with Gasteiger partial charge in [0.1, 0.15) is 5.82 Å². The standard InChI is InChI=1S/C12H16BrClN2/c1-8-10(13)5-6-12(15-8)16-11-4-2-3-9(11)7-14/h5-6,9,11H,2-4,7H2,1H3,(H,15,16). The van der Waals surface area contributed by atoms with E-state index in [-0.39, 0.29) is 0 Å². The lowest BCUT2D eigenvalue weighted by Gasteiger charge is -2.19. The van der Waals surface area contributed by atoms with E-state index < -0.39 is 0 Å². The summed E-state index contributed by atoms with van der Waals surface area (Å²) in [5.41, 5.74) is 1.02. The number of hydrogen-bond acceptors (Lipinski definition) is 2. The first-order chi connectivity index (χ1) is 7.70. The number of aryl methyl sites for hydroxylation is 1. The molecule has 1 heterocycles. The van der Waals surface area contributed by atoms with Crippen LogP contribution in [0.25, 0.3) is 0 Å². The molecule has 88 valence electrons. The van der Waals surface area contributed by atoms with Crippen LogP contribution in [0.3, 0.4) is 0 Å². The molecule has 1 aromatic rings. The molecular formula is C12H16BrClN2. The molecule has 1 aliphatic carbocycles. The van der Waals surface area contributed by atoms with Crippen molar-refractivity contribution in [3.63, 3.8) is 0 Å². The van der Waals surface area contributed by atoms with Gasteiger partial charge in [-0.25, -0.2) is 4.98 Å². The molecule has 0 amide bonds. The molecule has 0 saturated heterocycles. The molecule has 1 aromatic heterocycles. The van der Waals surface area contributed by atoms with E-state index in [4.69, 9.17) is 11.6 Å². The van der Waals surface area contributed by atoms with Gasteiger partial charge in [-0.3, -0.25) is 0 Å². The van der Waals surface area contributed by atoms with Gasteiger partial charge < -0.3 is 5.32 Å². The molecule has 1 saturated carbocycles. The van der Waals surface area contributed by atoms with Crippen molar-refractivity contribution in [3.05, 3.63) is 22.3 Å². The maximum atomic E-state index is 5.96. The Balaban J connectivity index is 2.05. The maximum absolute atomic E-state index is 5.96. The highest BCUT2D eigenvalue weighted by Gasteiger charge is 2.26. The van der Waals surface area contributed by atoms with Crippen LogP contribution in [-0.2, 0) is 0 Å². The normalized spacial score (nSPS) is 24.7. The van der Waals surface area contributed by atoms with Gasteiger partial charge in [-0.1, -0.05) is 6.42 Å². The van der Waals surface area contributed by atoms with Crippen LogP contribution >= 0.6 is 27.5 Å². The van der Waals surface area contributed by atoms with Crippen molar-refractivity contribution in [2.45, 2.75) is 32.2 Å². The minimum absolute atomic E-state index is 0.491. The first-order valence-electron chi connectivity index (χ1n) is 5.66. The van der Waals surface area contributed by atoms with E-state index >= 15 is 0 Å². The molecule has 0 radical (unpaired) electrons. The first-order valence-corrected chi connectivity index (χ1v) is 6.99. The minimum Gasteiger partial charge on any atom is -0.367 e. The van der Waals surface area contributed by atoms with Gasteiger partial charge in [-0.15, -0.1) is 11.6 Å². The molecule has 2 atom stereocenters. The second-order valence-corrected chi connectivity index (χ2v) is 5.52. The number of anilines is 1. The van der Waals surface area contributed by atoms with Crippen LogP contribution in [0.15, 0.2) is 16.6 Å². The average molecular weight is 304 g/mol. The molecule has 1 N–H and O–H groups in total. The quantitative estimate of drug-likeness (QED) is 0.855. The van der Waals surface area contributed by atoms with Gasteiger partial charge in [-0.05, 0) is 53.7 Å². The first kappa shape index (κ1) is 12.2. The Morgan fingerprint density at radius 3 is 3.00 bits per heavy atom. The number of aromatic nitrogens is 1. The third kappa shape index (κ3) is 2.69. The minimum atomic E-state index is 0.491. The Morgan fingerprint density at radius 1 is 1.50 bits per heavy atom. The molecule has 1 aliphatic rings. The monoisotopic (exact) mass is 302 g/mol. The number of pyridine rings is 1. The molecule has 1 fully saturated rings. The summed E-state index contributed by atoms with van der Waals surface area (Å²) in [6.45, 7) is 2.00. The summed E-state index contributed by atoms with van der Waals surface area (Å²) in [6.07, 6.45) is 3.70. The number of nitrogens with one attached hydrogen (secondary N) is 1. The molecule has 0 aliphatic heterocycles. The van der Waals surface area contributed by atoms with Crippen LogP contribution < -0.4 is 5.32 Å². The van der Waals surface area contributed by atoms with Crippen molar-refractivity contribution in [1.82, 2.24) is 4.98 Å². The van der Waals surface area contributed by atoms with E-state index in [0.29, 0.717) is 12.0 Å². The van der Waals surface area contributed by atoms with E-state index in [1.165, 1.54) is 19.3 Å². The van der Waals surface area contributed by atoms with Crippen LogP contribution in [0.4, 0.5) is 5.82 Å². The zero-order valence-corrected chi connectivity index (χ0v) is 11.7. The highest BCUT2D eigenvalue weighted by atomic mass is 79.9. The topological polar surface area (TPSA) is 24.9 Å². The van der Waals surface area contributed by atoms with Crippen LogP contribution in [0.1, 0.15) is 25.0 Å². The highest BCUT2D eigenvalue weighted by molar-refractivity contribution is 9.10. The smallest absolute Gasteiger partial charge is 0.126 e. The van der Waals surface area contributed by atoms with Crippen LogP contribution in [0.5, 0.6) is 0 Å². The lowest BCUT2D eigenvalue weighted by atomic mass is 10.1. The summed E-state index contributed by atoms with van der Waals surface area (Å²) in [7, 11) is 0. The second kappa shape index (κ2) is 5.37. The molecule has 0 bridgehead atoms. The van der Waals surface area contributed by atoms with Gasteiger partial charge in [0, 0.05) is 16.4 Å². The van der Waals surface area contributed by atoms with E-state index in [0.717, 1.165) is 21.9 Å². The fourth-order valence-corrected chi connectivity index (χ4v) is 2.82. The third-order valence-corrected chi connectivity index (χ3v) is 4.45. The van der Waals surface area contributed by atoms with Gasteiger partial charge in [0.15, 0.2) is 0 Å². The summed E-state index contributed by atoms with van der Waals surface area (Å²) in [5, 5.41) is 3.49. The lowest BCUT2D eigenvalue weighted by molar-refractivity contribution is 0.561. The Bertz CT molecular complexity index is 370. The Hall–Kier alpha value is -0.280. The summed E-state index contributed by atoms with van der Waals surface area (Å²) >= 11 is 9.41. The van der Waals surface area contributed by atoms with Crippen molar-refractivity contribution >= 4 is 33.3 Å². The molecular weight excluding hydrogens is 288 g/mol. The van der Waals surface area contributed by atoms with Gasteiger partial charge in [0.25, 0.3) is 0 Å². The number of hydrogen-bond donors (Lipinski definition) is 1. The molecule has 4 heteroatoms. The molecule has 16 heavy (non-hydrogen) atoms. The van der Waals surface area contributed by atoms with Gasteiger partial charge in [0.2, 0.25) is 0 Å². The SMILES string of the molecule is Cc1nc(NC2CCCC2CCl)ccc1Br. The van der Waals surface area contributed by atoms with Gasteiger partial charge in [-0.2, -0.15) is 0 Å². The highest BCUT2D eigenvalue weighted by Crippen LogP contribution is 2.29. The number of alkyl halides is 1. The van der Waals surface area contributed by atoms with Crippen molar-refractivity contribution in [2.24, 2.45) is 5.92 Å². The predicted octanol–water partition coefficient (Wildman–Crippen LogP) is 3.97. The van der Waals surface area contributed by atoms with E-state index in [2.05, 4.69) is 26.2 Å². The maximum Gasteiger partial charge on any atom is 0.126 e. The average Bonchev–Trinajstić information content (AvgIpc) is 2.71. The van der Waals surface area contributed by atoms with Crippen LogP contribution in [0.2, 0.25) is 0 Å². The summed E-state index contributed by atoms with van der Waals surface area (Å²) in [5.74, 6) is 2.29. The van der Waals surface area contributed by atoms with E-state index in [1.54, 1.807) is 0 Å². The van der Waals surface area contributed by atoms with Gasteiger partial charge in [0.05, 0.1) is 5.69 Å². The lowest BCUT2D eigenvalue weighted by Crippen LogP contribution is -2.25. The summed E-state index contributed by atoms with van der Waals surface area (Å²) < 4.78 is 1.05. The molecule has 2 unspecified atom stereocenters. The molecule has 0 aromatic carbocycles. The van der Waals surface area contributed by atoms with E-state index in [9.17, 15) is 0 Å². The molecule has 0 spiro atoms. The second-order valence-electron chi connectivity index (χ2n) is 4.36. The van der Waals surface area contributed by atoms with Crippen LogP contribution in [0, 0.1) is 12.8 Å². The van der Waals surface area contributed by atoms with Crippen molar-refractivity contribution < 1.29 is 0 Å². The molecule has 2 rings (SSSR count). The van der Waals surface area contributed by atoms with Crippen molar-refractivity contribution in [2.75, 3.05) is 11.2 Å². The fourth-order valence-electron chi connectivity index (χ4n) is 2.23. The summed E-state index contributed by atoms with van der Waals surface area (Å²) in [6, 6.07) is 4.54. The van der Waals surface area contributed by atoms with Crippen molar-refractivity contribution in [1.29, 1.82) is 0 Å². The predicted molar refractivity (Wildman–Crippen MR) is 72.1 cm³/mol. The largest absolute Gasteiger partial charge is 0.367 e. The van der Waals surface area contributed by atoms with Crippen molar-refractivity contribution in [3.8, 4) is 0 Å². The Kier molecular flexibility index (Phi) is 4.09. The zero-order valence-electron chi connectivity index (χ0n) is 9.34. The molecule has 2 nitrogen and oxygen atoms in total. The summed E-state index contributed by atoms with van der Waals surface area (Å²) in [4.78, 5) is 4.50. The third-order valence-electron chi connectivity index (χ3n) is 3.21. The number of rotatable bonds is 3. The van der Waals surface area contributed by atoms with Crippen LogP contribution in [-0.4, -0.2) is 16.9 Å². The van der Waals surface area contributed by atoms with E-state index in [1.807, 2.05) is 19.1 Å². The number of nitrogens with zero attached hydrogens (tertiary/aromatic N) is 1. The number of halogens is 2.